The van der Waals surface area contributed by atoms with E-state index < -0.39 is 81.4 Å². The second-order valence-corrected chi connectivity index (χ2v) is 62.5. The van der Waals surface area contributed by atoms with Gasteiger partial charge < -0.3 is 0 Å². The number of hydrogen-bond donors (Lipinski definition) is 0. The summed E-state index contributed by atoms with van der Waals surface area (Å²) in [6, 6.07) is 51.0. The van der Waals surface area contributed by atoms with E-state index in [1.54, 1.807) is 68.0 Å². The third-order valence-electron chi connectivity index (χ3n) is 24.9. The van der Waals surface area contributed by atoms with Gasteiger partial charge in [-0.1, -0.05) is 0 Å². The van der Waals surface area contributed by atoms with Gasteiger partial charge in [-0.15, -0.1) is 136 Å². The number of fused-ring (bicyclic) bond motifs is 28. The minimum absolute atomic E-state index is 0.0410. The number of thiophene rings is 20. The predicted molar refractivity (Wildman–Crippen MR) is 609 cm³/mol. The van der Waals surface area contributed by atoms with Crippen LogP contribution in [0, 0.1) is 94.2 Å². The number of hydrogen-bond acceptors (Lipinski definition) is 20. The minimum atomic E-state index is -0.805. The molecule has 144 heavy (non-hydrogen) atoms. The number of rotatable bonds is 8. The third kappa shape index (κ3) is 14.8. The van der Waals surface area contributed by atoms with Crippen LogP contribution in [0.2, 0.25) is 0 Å². The van der Waals surface area contributed by atoms with Crippen LogP contribution in [0.4, 0.5) is 65.9 Å². The van der Waals surface area contributed by atoms with E-state index in [0.29, 0.717) is 34.1 Å². The normalized spacial score (nSPS) is 12.4. The Morgan fingerprint density at radius 2 is 0.368 bits per heavy atom. The van der Waals surface area contributed by atoms with Crippen LogP contribution in [0.15, 0.2) is 189 Å². The largest absolute Gasteiger partial charge is 0.203 e. The summed E-state index contributed by atoms with van der Waals surface area (Å²) in [7, 11) is 0. The second kappa shape index (κ2) is 34.7. The van der Waals surface area contributed by atoms with Crippen LogP contribution < -0.4 is 0 Å². The van der Waals surface area contributed by atoms with Gasteiger partial charge >= 0.3 is 462 Å². The number of benzene rings is 8. The van der Waals surface area contributed by atoms with E-state index in [1.165, 1.54) is 195 Å². The first-order valence-corrected chi connectivity index (χ1v) is 66.2. The third-order valence-corrected chi connectivity index (χ3v) is 58.3. The van der Waals surface area contributed by atoms with Gasteiger partial charge in [0.2, 0.25) is 0 Å². The second-order valence-electron chi connectivity index (χ2n) is 33.6. The van der Waals surface area contributed by atoms with Crippen LogP contribution >= 0.6 is 227 Å². The van der Waals surface area contributed by atoms with Gasteiger partial charge in [0.05, 0.1) is 38.3 Å². The minimum Gasteiger partial charge on any atom is -0.203 e. The van der Waals surface area contributed by atoms with Gasteiger partial charge in [0, 0.05) is 100 Å². The molecule has 8 aromatic carbocycles. The van der Waals surface area contributed by atoms with Crippen LogP contribution in [0.1, 0.15) is 5.56 Å². The number of aryl methyl sites for hydroxylation is 1. The summed E-state index contributed by atoms with van der Waals surface area (Å²) in [5, 5.41) is 28.6. The molecule has 0 unspecified atom stereocenters. The van der Waals surface area contributed by atoms with E-state index >= 15 is 0 Å². The molecule has 0 N–H and O–H groups in total. The Hall–Kier alpha value is -8.09. The SMILES string of the molecule is Cc1csc(-c2cc3cc4c(cc3[se]2)sc2c3cc5cc(-c6scc(F)c6F)[se]c5cc3sc42)c1F.Fc1csc(-c2cc3cc4c(cc3s2)sc2c3cc5cc(-c6scc(F)c6F)sc5cc3sc42)c1F.Fc1csc(-c2cc3cc4sc5c6cc7[se]c(-c8scc(F)c8F)cc7cc6sc5c4cc3[se]2)c1F.Fc1csc(-c2cc3cc4sc5c6cc7sc(-c8scc(F)c8F)cc7cc6sc5c4cc3s2)c1F. The van der Waals surface area contributed by atoms with Gasteiger partial charge in [0.15, 0.2) is 46.5 Å². The zero-order chi connectivity index (χ0) is 97.2. The van der Waals surface area contributed by atoms with Gasteiger partial charge in [0.1, 0.15) is 0 Å². The average Bonchev–Trinajstić information content (AvgIpc) is 1.58. The van der Waals surface area contributed by atoms with Crippen molar-refractivity contribution in [3.63, 3.8) is 0 Å². The summed E-state index contributed by atoms with van der Waals surface area (Å²) in [6.45, 7) is 1.83. The van der Waals surface area contributed by atoms with E-state index in [-0.39, 0.29) is 63.8 Å². The van der Waals surface area contributed by atoms with E-state index in [9.17, 15) is 65.9 Å². The summed E-state index contributed by atoms with van der Waals surface area (Å²) < 4.78 is 241. The molecule has 0 saturated carbocycles. The first-order valence-electron chi connectivity index (χ1n) is 42.6. The van der Waals surface area contributed by atoms with E-state index in [0.717, 1.165) is 224 Å². The predicted octanol–water partition coefficient (Wildman–Crippen LogP) is 43.0. The Labute approximate surface area is 900 Å². The molecule has 0 bridgehead atoms. The molecule has 32 rings (SSSR count). The number of halogens is 15. The van der Waals surface area contributed by atoms with Gasteiger partial charge in [-0.05, 0) is 94.3 Å². The van der Waals surface area contributed by atoms with Crippen molar-refractivity contribution in [2.24, 2.45) is 0 Å². The molecule has 0 aliphatic rings. The monoisotopic (exact) mass is 2540 g/mol. The fraction of sp³-hybridized carbons (Fsp3) is 0.00952. The summed E-state index contributed by atoms with van der Waals surface area (Å²) in [6.07, 6.45) is 0. The Morgan fingerprint density at radius 3 is 0.632 bits per heavy atom. The Bertz CT molecular complexity index is 9280. The quantitative estimate of drug-likeness (QED) is 0.105. The van der Waals surface area contributed by atoms with Crippen molar-refractivity contribution in [2.75, 3.05) is 0 Å². The maximum absolute atomic E-state index is 14.6. The van der Waals surface area contributed by atoms with Gasteiger partial charge in [-0.25, -0.2) is 35.1 Å². The fourth-order valence-corrected chi connectivity index (χ4v) is 51.0. The van der Waals surface area contributed by atoms with Crippen LogP contribution in [-0.4, -0.2) is 58.0 Å². The summed E-state index contributed by atoms with van der Waals surface area (Å²) in [4.78, 5) is 6.35. The molecule has 0 saturated heterocycles. The molecule has 0 nitrogen and oxygen atoms in total. The summed E-state index contributed by atoms with van der Waals surface area (Å²) in [5.74, 6) is -11.0. The molecule has 0 spiro atoms. The van der Waals surface area contributed by atoms with Crippen LogP contribution in [-0.2, 0) is 0 Å². The molecule has 0 amide bonds. The van der Waals surface area contributed by atoms with Crippen molar-refractivity contribution < 1.29 is 65.9 Å². The van der Waals surface area contributed by atoms with Crippen LogP contribution in [0.5, 0.6) is 0 Å². The van der Waals surface area contributed by atoms with Crippen molar-refractivity contribution in [1.29, 1.82) is 0 Å². The molecule has 0 radical (unpaired) electrons. The standard InChI is InChI=1S/C27H11F3S4Se2.2C26H8F4S6.C26H8F4S4Se2/c1-10-8-31-26(22(10)29)20-4-11-2-13-16(6-18(11)35-20)33-25-14-3-12-5-21(27-23(30)15(28)9-32-27)36-19(12)7-17(14)34-24(13)25;27-13-7-31-25(21(13)29)19-3-9-1-17-11(5-15(9)33-19)23-24(35-17)12-6-16-10(2-18(12)36-23)4-20(34-16)26-22(30)14(28)8-32-26;27-13-7-31-25(21(13)29)19-3-9-1-11-17(5-15(9)33-19)35-24-12-2-10-4-20(26-22(30)14(28)8-32-26)34-16(10)6-18(12)36-23(11)24;27-13-7-31-25(21(13)29)19-3-9-1-15-11(5-17(9)35-19)23-24(33-15)12-6-18-10(2-16(12)34-23)4-20(36-18)26-22(30)14(28)8-32-26/h2-9H,1H3;3*1-8H. The maximum Gasteiger partial charge on any atom is 0.178 e. The molecule has 704 valence electrons. The molecule has 0 atom stereocenters. The van der Waals surface area contributed by atoms with Crippen LogP contribution in [0.25, 0.3) is 273 Å². The first-order chi connectivity index (χ1) is 69.8. The van der Waals surface area contributed by atoms with E-state index in [1.807, 2.05) is 77.4 Å². The van der Waals surface area contributed by atoms with Gasteiger partial charge in [-0.2, -0.15) is 0 Å². The Balaban J connectivity index is 0.0000000913. The summed E-state index contributed by atoms with van der Waals surface area (Å²) >= 11 is 29.1. The zero-order valence-electron chi connectivity index (χ0n) is 70.9. The fourth-order valence-electron chi connectivity index (χ4n) is 18.2. The zero-order valence-corrected chi connectivity index (χ0v) is 94.1. The summed E-state index contributed by atoms with van der Waals surface area (Å²) in [5.41, 5.74) is 0.721. The molecule has 39 heteroatoms. The Morgan fingerprint density at radius 1 is 0.167 bits per heavy atom. The molecule has 0 aliphatic carbocycles. The van der Waals surface area contributed by atoms with Crippen molar-refractivity contribution in [3.8, 4) is 76.3 Å². The molecule has 0 aliphatic heterocycles. The smallest absolute Gasteiger partial charge is 0.178 e. The van der Waals surface area contributed by atoms with Gasteiger partial charge in [0.25, 0.3) is 0 Å². The van der Waals surface area contributed by atoms with Crippen molar-refractivity contribution in [3.05, 3.63) is 281 Å². The van der Waals surface area contributed by atoms with E-state index in [2.05, 4.69) is 103 Å². The molecule has 24 aromatic heterocycles. The topological polar surface area (TPSA) is 0 Å². The molecular formula is C105H35F15S20Se4. The van der Waals surface area contributed by atoms with Gasteiger partial charge in [-0.3, -0.25) is 0 Å². The molecule has 32 aromatic rings. The maximum atomic E-state index is 14.6. The van der Waals surface area contributed by atoms with E-state index in [4.69, 9.17) is 0 Å². The van der Waals surface area contributed by atoms with Crippen molar-refractivity contribution in [2.45, 2.75) is 6.92 Å². The van der Waals surface area contributed by atoms with Crippen molar-refractivity contribution in [1.82, 2.24) is 0 Å². The van der Waals surface area contributed by atoms with Crippen molar-refractivity contribution >= 4 is 482 Å². The Kier molecular flexibility index (Phi) is 22.2. The van der Waals surface area contributed by atoms with Crippen LogP contribution in [0.3, 0.4) is 0 Å². The molecule has 24 heterocycles. The molecular weight excluding hydrogens is 2500 g/mol. The molecule has 0 fully saturated rings. The average molecular weight is 2540 g/mol. The first kappa shape index (κ1) is 92.1.